The molecule has 1 heterocycles. The Bertz CT molecular complexity index is 894. The third-order valence-corrected chi connectivity index (χ3v) is 6.34. The summed E-state index contributed by atoms with van der Waals surface area (Å²) in [5, 5.41) is 7.08. The van der Waals surface area contributed by atoms with Crippen LogP contribution in [-0.2, 0) is 24.1 Å². The van der Waals surface area contributed by atoms with Crippen LogP contribution in [0.2, 0.25) is 5.02 Å². The van der Waals surface area contributed by atoms with Crippen molar-refractivity contribution in [1.82, 2.24) is 5.32 Å². The van der Waals surface area contributed by atoms with E-state index in [2.05, 4.69) is 10.6 Å². The predicted octanol–water partition coefficient (Wildman–Crippen LogP) is 4.22. The SMILES string of the molecule is NC(=O)c1c(NC(=S)NC(=O)Cc2ccc(Cl)cc2)sc2c1CCCCCC2. The third kappa shape index (κ3) is 5.31. The second-order valence-corrected chi connectivity index (χ2v) is 8.74. The maximum absolute atomic E-state index is 12.2. The van der Waals surface area contributed by atoms with E-state index in [1.165, 1.54) is 22.6 Å². The number of hydrogen-bond donors (Lipinski definition) is 3. The number of carbonyl (C=O) groups is 2. The Morgan fingerprint density at radius 2 is 1.79 bits per heavy atom. The van der Waals surface area contributed by atoms with Crippen molar-refractivity contribution < 1.29 is 9.59 Å². The Hall–Kier alpha value is -1.96. The second-order valence-electron chi connectivity index (χ2n) is 6.79. The number of primary amides is 1. The lowest BCUT2D eigenvalue weighted by Crippen LogP contribution is -2.35. The summed E-state index contributed by atoms with van der Waals surface area (Å²) in [6.07, 6.45) is 6.49. The molecule has 4 N–H and O–H groups in total. The van der Waals surface area contributed by atoms with Crippen LogP contribution < -0.4 is 16.4 Å². The number of thiophene rings is 1. The number of nitrogens with two attached hydrogens (primary N) is 1. The van der Waals surface area contributed by atoms with Gasteiger partial charge in [-0.25, -0.2) is 0 Å². The van der Waals surface area contributed by atoms with Gasteiger partial charge in [0.25, 0.3) is 5.91 Å². The summed E-state index contributed by atoms with van der Waals surface area (Å²) in [6, 6.07) is 7.06. The van der Waals surface area contributed by atoms with Gasteiger partial charge in [0.05, 0.1) is 12.0 Å². The first-order chi connectivity index (χ1) is 13.4. The fourth-order valence-corrected chi connectivity index (χ4v) is 5.07. The van der Waals surface area contributed by atoms with E-state index in [-0.39, 0.29) is 17.4 Å². The number of benzene rings is 1. The van der Waals surface area contributed by atoms with Crippen molar-refractivity contribution in [2.45, 2.75) is 44.9 Å². The number of rotatable bonds is 4. The zero-order valence-electron chi connectivity index (χ0n) is 15.3. The molecule has 148 valence electrons. The quantitative estimate of drug-likeness (QED) is 0.628. The monoisotopic (exact) mass is 435 g/mol. The normalized spacial score (nSPS) is 13.8. The van der Waals surface area contributed by atoms with Gasteiger partial charge < -0.3 is 16.4 Å². The molecule has 1 aromatic heterocycles. The molecule has 0 saturated carbocycles. The molecule has 1 aliphatic carbocycles. The van der Waals surface area contributed by atoms with E-state index in [1.54, 1.807) is 24.3 Å². The summed E-state index contributed by atoms with van der Waals surface area (Å²) < 4.78 is 0. The number of nitrogens with one attached hydrogen (secondary N) is 2. The fraction of sp³-hybridized carbons (Fsp3) is 0.350. The zero-order valence-corrected chi connectivity index (χ0v) is 17.7. The first kappa shape index (κ1) is 20.8. The van der Waals surface area contributed by atoms with E-state index in [0.717, 1.165) is 43.2 Å². The van der Waals surface area contributed by atoms with Crippen LogP contribution in [0.25, 0.3) is 0 Å². The third-order valence-electron chi connectivity index (χ3n) is 4.68. The van der Waals surface area contributed by atoms with Gasteiger partial charge >= 0.3 is 0 Å². The van der Waals surface area contributed by atoms with E-state index in [1.807, 2.05) is 0 Å². The number of aryl methyl sites for hydroxylation is 1. The van der Waals surface area contributed by atoms with Crippen molar-refractivity contribution in [3.63, 3.8) is 0 Å². The molecule has 0 saturated heterocycles. The Kier molecular flexibility index (Phi) is 7.04. The molecule has 0 spiro atoms. The highest BCUT2D eigenvalue weighted by Crippen LogP contribution is 2.36. The number of thiocarbonyl (C=S) groups is 1. The number of amides is 2. The van der Waals surface area contributed by atoms with Gasteiger partial charge in [0.2, 0.25) is 5.91 Å². The summed E-state index contributed by atoms with van der Waals surface area (Å²) >= 11 is 12.6. The highest BCUT2D eigenvalue weighted by molar-refractivity contribution is 7.80. The summed E-state index contributed by atoms with van der Waals surface area (Å²) in [5.74, 6) is -0.703. The summed E-state index contributed by atoms with van der Waals surface area (Å²) in [6.45, 7) is 0. The minimum Gasteiger partial charge on any atom is -0.365 e. The molecule has 1 aromatic carbocycles. The van der Waals surface area contributed by atoms with Gasteiger partial charge in [-0.3, -0.25) is 9.59 Å². The molecule has 28 heavy (non-hydrogen) atoms. The predicted molar refractivity (Wildman–Crippen MR) is 118 cm³/mol. The maximum Gasteiger partial charge on any atom is 0.251 e. The van der Waals surface area contributed by atoms with Crippen LogP contribution in [0.5, 0.6) is 0 Å². The van der Waals surface area contributed by atoms with Gasteiger partial charge in [0.15, 0.2) is 5.11 Å². The molecule has 0 radical (unpaired) electrons. The molecular weight excluding hydrogens is 414 g/mol. The Labute approximate surface area is 178 Å². The number of halogens is 1. The molecule has 0 bridgehead atoms. The van der Waals surface area contributed by atoms with Crippen molar-refractivity contribution in [3.05, 3.63) is 50.9 Å². The van der Waals surface area contributed by atoms with Crippen LogP contribution in [0, 0.1) is 0 Å². The standard InChI is InChI=1S/C20H22ClN3O2S2/c21-13-9-7-12(8-10-13)11-16(25)23-20(27)24-19-17(18(22)26)14-5-3-1-2-4-6-15(14)28-19/h7-10H,1-6,11H2,(H2,22,26)(H2,23,24,25,27). The molecule has 1 aliphatic rings. The number of anilines is 1. The number of hydrogen-bond acceptors (Lipinski definition) is 4. The van der Waals surface area contributed by atoms with Crippen LogP contribution in [0.3, 0.4) is 0 Å². The average Bonchev–Trinajstić information content (AvgIpc) is 2.93. The number of carbonyl (C=O) groups excluding carboxylic acids is 2. The summed E-state index contributed by atoms with van der Waals surface area (Å²) in [5.41, 5.74) is 8.03. The van der Waals surface area contributed by atoms with Crippen LogP contribution >= 0.6 is 35.2 Å². The first-order valence-corrected chi connectivity index (χ1v) is 10.8. The molecule has 0 atom stereocenters. The van der Waals surface area contributed by atoms with Crippen molar-refractivity contribution in [3.8, 4) is 0 Å². The van der Waals surface area contributed by atoms with Crippen LogP contribution in [0.4, 0.5) is 5.00 Å². The molecule has 8 heteroatoms. The fourth-order valence-electron chi connectivity index (χ4n) is 3.36. The summed E-state index contributed by atoms with van der Waals surface area (Å²) in [7, 11) is 0. The highest BCUT2D eigenvalue weighted by Gasteiger charge is 2.23. The van der Waals surface area contributed by atoms with E-state index in [9.17, 15) is 9.59 Å². The molecular formula is C20H22ClN3O2S2. The lowest BCUT2D eigenvalue weighted by Gasteiger charge is -2.11. The van der Waals surface area contributed by atoms with Gasteiger partial charge in [0.1, 0.15) is 5.00 Å². The van der Waals surface area contributed by atoms with Crippen molar-refractivity contribution in [2.24, 2.45) is 5.73 Å². The molecule has 2 aromatic rings. The minimum absolute atomic E-state index is 0.163. The van der Waals surface area contributed by atoms with Crippen LogP contribution in [0.1, 0.15) is 52.0 Å². The molecule has 2 amide bonds. The molecule has 3 rings (SSSR count). The van der Waals surface area contributed by atoms with Crippen molar-refractivity contribution in [2.75, 3.05) is 5.32 Å². The van der Waals surface area contributed by atoms with Gasteiger partial charge in [0, 0.05) is 9.90 Å². The molecule has 0 aliphatic heterocycles. The van der Waals surface area contributed by atoms with E-state index in [0.29, 0.717) is 15.6 Å². The Morgan fingerprint density at radius 1 is 1.11 bits per heavy atom. The van der Waals surface area contributed by atoms with Gasteiger partial charge in [-0.1, -0.05) is 36.6 Å². The first-order valence-electron chi connectivity index (χ1n) is 9.23. The van der Waals surface area contributed by atoms with Crippen molar-refractivity contribution >= 4 is 57.1 Å². The van der Waals surface area contributed by atoms with E-state index >= 15 is 0 Å². The minimum atomic E-state index is -0.462. The van der Waals surface area contributed by atoms with Crippen LogP contribution in [0.15, 0.2) is 24.3 Å². The van der Waals surface area contributed by atoms with Crippen LogP contribution in [-0.4, -0.2) is 16.9 Å². The van der Waals surface area contributed by atoms with Crippen molar-refractivity contribution in [1.29, 1.82) is 0 Å². The van der Waals surface area contributed by atoms with E-state index < -0.39 is 5.91 Å². The molecule has 0 unspecified atom stereocenters. The summed E-state index contributed by atoms with van der Waals surface area (Å²) in [4.78, 5) is 25.5. The lowest BCUT2D eigenvalue weighted by molar-refractivity contribution is -0.119. The topological polar surface area (TPSA) is 84.2 Å². The second kappa shape index (κ2) is 9.49. The Morgan fingerprint density at radius 3 is 2.46 bits per heavy atom. The largest absolute Gasteiger partial charge is 0.365 e. The van der Waals surface area contributed by atoms with E-state index in [4.69, 9.17) is 29.6 Å². The average molecular weight is 436 g/mol. The molecule has 5 nitrogen and oxygen atoms in total. The smallest absolute Gasteiger partial charge is 0.251 e. The zero-order chi connectivity index (χ0) is 20.1. The maximum atomic E-state index is 12.2. The van der Waals surface area contributed by atoms with Gasteiger partial charge in [-0.15, -0.1) is 11.3 Å². The Balaban J connectivity index is 1.69. The lowest BCUT2D eigenvalue weighted by atomic mass is 9.96. The molecule has 0 fully saturated rings. The van der Waals surface area contributed by atoms with Gasteiger partial charge in [-0.2, -0.15) is 0 Å². The van der Waals surface area contributed by atoms with Gasteiger partial charge in [-0.05, 0) is 61.2 Å². The highest BCUT2D eigenvalue weighted by atomic mass is 35.5. The number of fused-ring (bicyclic) bond motifs is 1.